The van der Waals surface area contributed by atoms with Crippen LogP contribution in [0.3, 0.4) is 0 Å². The molecule has 2 aromatic rings. The molecular weight excluding hydrogens is 310 g/mol. The lowest BCUT2D eigenvalue weighted by atomic mass is 10.1. The molecule has 1 aliphatic heterocycles. The van der Waals surface area contributed by atoms with E-state index >= 15 is 0 Å². The summed E-state index contributed by atoms with van der Waals surface area (Å²) in [4.78, 5) is 14.2. The van der Waals surface area contributed by atoms with Crippen molar-refractivity contribution in [3.63, 3.8) is 0 Å². The molecule has 10 heteroatoms. The molecule has 3 heterocycles. The molecule has 0 aromatic carbocycles. The third-order valence-electron chi connectivity index (χ3n) is 3.49. The normalized spacial score (nSPS) is 19.3. The average molecular weight is 325 g/mol. The number of rotatable bonds is 3. The Labute approximate surface area is 126 Å². The maximum Gasteiger partial charge on any atom is 0.272 e. The van der Waals surface area contributed by atoms with Gasteiger partial charge in [-0.1, -0.05) is 0 Å². The highest BCUT2D eigenvalue weighted by Gasteiger charge is 2.34. The molecule has 118 valence electrons. The highest BCUT2D eigenvalue weighted by molar-refractivity contribution is 7.90. The molecule has 2 aromatic heterocycles. The van der Waals surface area contributed by atoms with Crippen molar-refractivity contribution in [2.75, 3.05) is 26.0 Å². The average Bonchev–Trinajstić information content (AvgIpc) is 3.17. The van der Waals surface area contributed by atoms with Gasteiger partial charge in [-0.15, -0.1) is 0 Å². The third-order valence-corrected chi connectivity index (χ3v) is 4.61. The van der Waals surface area contributed by atoms with E-state index in [0.717, 1.165) is 6.26 Å². The van der Waals surface area contributed by atoms with Gasteiger partial charge in [-0.25, -0.2) is 8.42 Å². The van der Waals surface area contributed by atoms with Gasteiger partial charge in [-0.3, -0.25) is 15.0 Å². The molecule has 3 rings (SSSR count). The monoisotopic (exact) mass is 325 g/mol. The lowest BCUT2D eigenvalue weighted by molar-refractivity contribution is -0.00499. The summed E-state index contributed by atoms with van der Waals surface area (Å²) in [5.41, 5.74) is 0.697. The minimum Gasteiger partial charge on any atom is -0.377 e. The largest absolute Gasteiger partial charge is 0.377 e. The van der Waals surface area contributed by atoms with Crippen LogP contribution in [0.4, 0.5) is 0 Å². The maximum atomic E-state index is 12.5. The van der Waals surface area contributed by atoms with Gasteiger partial charge < -0.3 is 9.64 Å². The van der Waals surface area contributed by atoms with Crippen molar-refractivity contribution in [3.05, 3.63) is 29.8 Å². The van der Waals surface area contributed by atoms with Crippen LogP contribution < -0.4 is 0 Å². The van der Waals surface area contributed by atoms with Crippen LogP contribution in [0.1, 0.15) is 22.2 Å². The van der Waals surface area contributed by atoms with Gasteiger partial charge in [-0.2, -0.15) is 10.2 Å². The summed E-state index contributed by atoms with van der Waals surface area (Å²) in [5.74, 6) is -0.264. The van der Waals surface area contributed by atoms with Crippen LogP contribution in [0.5, 0.6) is 0 Å². The Hall–Kier alpha value is -2.20. The standard InChI is InChI=1S/C12H15N5O4S/c1-22(19,20)10-6-14-16-11(10)9-7-21-5-4-17(9)12(18)8-2-3-13-15-8/h2-3,6,9H,4-5,7H2,1H3,(H,13,15)(H,14,16). The molecular formula is C12H15N5O4S. The number of morpholine rings is 1. The summed E-state index contributed by atoms with van der Waals surface area (Å²) in [6.07, 6.45) is 3.84. The second-order valence-corrected chi connectivity index (χ2v) is 6.96. The van der Waals surface area contributed by atoms with Gasteiger partial charge in [0.05, 0.1) is 31.1 Å². The van der Waals surface area contributed by atoms with Crippen molar-refractivity contribution >= 4 is 15.7 Å². The number of nitrogens with one attached hydrogen (secondary N) is 2. The summed E-state index contributed by atoms with van der Waals surface area (Å²) >= 11 is 0. The van der Waals surface area contributed by atoms with E-state index in [0.29, 0.717) is 24.5 Å². The van der Waals surface area contributed by atoms with Gasteiger partial charge in [-0.05, 0) is 6.07 Å². The molecule has 0 spiro atoms. The number of aromatic nitrogens is 4. The zero-order valence-corrected chi connectivity index (χ0v) is 12.6. The molecule has 0 saturated carbocycles. The van der Waals surface area contributed by atoms with Crippen molar-refractivity contribution in [3.8, 4) is 0 Å². The first-order chi connectivity index (χ1) is 10.5. The van der Waals surface area contributed by atoms with E-state index in [2.05, 4.69) is 20.4 Å². The summed E-state index contributed by atoms with van der Waals surface area (Å²) in [5, 5.41) is 12.9. The number of sulfone groups is 1. The van der Waals surface area contributed by atoms with Crippen molar-refractivity contribution < 1.29 is 17.9 Å². The first-order valence-corrected chi connectivity index (χ1v) is 8.49. The fourth-order valence-electron chi connectivity index (χ4n) is 2.43. The van der Waals surface area contributed by atoms with Crippen LogP contribution in [0, 0.1) is 0 Å². The molecule has 22 heavy (non-hydrogen) atoms. The number of H-pyrrole nitrogens is 2. The number of hydrogen-bond acceptors (Lipinski definition) is 6. The second-order valence-electron chi connectivity index (χ2n) is 4.98. The number of ether oxygens (including phenoxy) is 1. The molecule has 1 atom stereocenters. The molecule has 9 nitrogen and oxygen atoms in total. The van der Waals surface area contributed by atoms with Crippen LogP contribution >= 0.6 is 0 Å². The van der Waals surface area contributed by atoms with E-state index in [1.165, 1.54) is 12.4 Å². The number of hydrogen-bond donors (Lipinski definition) is 2. The first kappa shape index (κ1) is 14.7. The Kier molecular flexibility index (Phi) is 3.71. The van der Waals surface area contributed by atoms with Gasteiger partial charge in [0.1, 0.15) is 10.6 Å². The Balaban J connectivity index is 1.97. The number of carbonyl (C=O) groups is 1. The van der Waals surface area contributed by atoms with Crippen molar-refractivity contribution in [2.24, 2.45) is 0 Å². The Morgan fingerprint density at radius 1 is 1.41 bits per heavy atom. The van der Waals surface area contributed by atoms with E-state index in [1.54, 1.807) is 11.0 Å². The number of aromatic amines is 2. The van der Waals surface area contributed by atoms with Crippen molar-refractivity contribution in [2.45, 2.75) is 10.9 Å². The van der Waals surface area contributed by atoms with Gasteiger partial charge in [0.25, 0.3) is 5.91 Å². The van der Waals surface area contributed by atoms with Crippen LogP contribution in [-0.2, 0) is 14.6 Å². The molecule has 0 aliphatic carbocycles. The van der Waals surface area contributed by atoms with Crippen molar-refractivity contribution in [1.29, 1.82) is 0 Å². The molecule has 1 saturated heterocycles. The number of carbonyl (C=O) groups excluding carboxylic acids is 1. The number of nitrogens with zero attached hydrogens (tertiary/aromatic N) is 3. The van der Waals surface area contributed by atoms with E-state index in [-0.39, 0.29) is 17.4 Å². The van der Waals surface area contributed by atoms with E-state index < -0.39 is 15.9 Å². The summed E-state index contributed by atoms with van der Waals surface area (Å²) in [7, 11) is -3.45. The predicted molar refractivity (Wildman–Crippen MR) is 74.9 cm³/mol. The van der Waals surface area contributed by atoms with Gasteiger partial charge in [0.15, 0.2) is 9.84 Å². The maximum absolute atomic E-state index is 12.5. The van der Waals surface area contributed by atoms with Crippen LogP contribution in [0.25, 0.3) is 0 Å². The highest BCUT2D eigenvalue weighted by atomic mass is 32.2. The zero-order chi connectivity index (χ0) is 15.7. The third kappa shape index (κ3) is 2.62. The Morgan fingerprint density at radius 2 is 2.23 bits per heavy atom. The quantitative estimate of drug-likeness (QED) is 0.802. The van der Waals surface area contributed by atoms with E-state index in [1.807, 2.05) is 0 Å². The van der Waals surface area contributed by atoms with E-state index in [9.17, 15) is 13.2 Å². The van der Waals surface area contributed by atoms with Crippen LogP contribution in [0.2, 0.25) is 0 Å². The molecule has 1 amide bonds. The lowest BCUT2D eigenvalue weighted by Gasteiger charge is -2.35. The summed E-state index contributed by atoms with van der Waals surface area (Å²) in [6.45, 7) is 0.939. The van der Waals surface area contributed by atoms with Gasteiger partial charge >= 0.3 is 0 Å². The first-order valence-electron chi connectivity index (χ1n) is 6.60. The van der Waals surface area contributed by atoms with Crippen LogP contribution in [-0.4, -0.2) is 65.6 Å². The van der Waals surface area contributed by atoms with Gasteiger partial charge in [0, 0.05) is 19.0 Å². The zero-order valence-electron chi connectivity index (χ0n) is 11.8. The molecule has 0 bridgehead atoms. The smallest absolute Gasteiger partial charge is 0.272 e. The topological polar surface area (TPSA) is 121 Å². The van der Waals surface area contributed by atoms with Gasteiger partial charge in [0.2, 0.25) is 0 Å². The van der Waals surface area contributed by atoms with E-state index in [4.69, 9.17) is 4.74 Å². The Bertz CT molecular complexity index is 767. The SMILES string of the molecule is CS(=O)(=O)c1cn[nH]c1C1COCCN1C(=O)c1ccn[nH]1. The molecule has 1 aliphatic rings. The highest BCUT2D eigenvalue weighted by Crippen LogP contribution is 2.28. The minimum absolute atomic E-state index is 0.0745. The fourth-order valence-corrected chi connectivity index (χ4v) is 3.26. The minimum atomic E-state index is -3.45. The molecule has 1 fully saturated rings. The van der Waals surface area contributed by atoms with Crippen LogP contribution in [0.15, 0.2) is 23.4 Å². The summed E-state index contributed by atoms with van der Waals surface area (Å²) < 4.78 is 29.1. The molecule has 0 radical (unpaired) electrons. The molecule has 1 unspecified atom stereocenters. The van der Waals surface area contributed by atoms with Crippen molar-refractivity contribution in [1.82, 2.24) is 25.3 Å². The fraction of sp³-hybridized carbons (Fsp3) is 0.417. The Morgan fingerprint density at radius 3 is 2.91 bits per heavy atom. The summed E-state index contributed by atoms with van der Waals surface area (Å²) in [6, 6.07) is 1.02. The number of amides is 1. The predicted octanol–water partition coefficient (Wildman–Crippen LogP) is -0.250. The lowest BCUT2D eigenvalue weighted by Crippen LogP contribution is -2.44. The molecule has 2 N–H and O–H groups in total. The second kappa shape index (κ2) is 5.54.